The van der Waals surface area contributed by atoms with Crippen LogP contribution >= 0.6 is 0 Å². The standard InChI is InChI=1S/C19H21NO5S/c1-12-8-9-13(2)17(10-12)18(21)14(3)25-19(22)15-6-5-7-16(11-15)26(23,24)20-4/h5-11,14,20H,1-4H3/t14-/m0/s1. The third-order valence-electron chi connectivity index (χ3n) is 3.96. The van der Waals surface area contributed by atoms with Gasteiger partial charge in [-0.25, -0.2) is 17.9 Å². The van der Waals surface area contributed by atoms with E-state index in [0.29, 0.717) is 5.56 Å². The van der Waals surface area contributed by atoms with E-state index >= 15 is 0 Å². The molecule has 0 saturated heterocycles. The Labute approximate surface area is 153 Å². The predicted octanol–water partition coefficient (Wildman–Crippen LogP) is 2.64. The van der Waals surface area contributed by atoms with Crippen molar-refractivity contribution in [1.29, 1.82) is 0 Å². The maximum absolute atomic E-state index is 12.6. The molecule has 0 fully saturated rings. The number of esters is 1. The molecule has 0 aliphatic rings. The van der Waals surface area contributed by atoms with Gasteiger partial charge in [-0.2, -0.15) is 0 Å². The van der Waals surface area contributed by atoms with Crippen LogP contribution in [0.25, 0.3) is 0 Å². The van der Waals surface area contributed by atoms with Crippen LogP contribution in [-0.2, 0) is 14.8 Å². The molecule has 0 aliphatic heterocycles. The van der Waals surface area contributed by atoms with Gasteiger partial charge in [0.05, 0.1) is 10.5 Å². The molecule has 0 aliphatic carbocycles. The summed E-state index contributed by atoms with van der Waals surface area (Å²) in [6, 6.07) is 10.9. The third kappa shape index (κ3) is 4.36. The Kier molecular flexibility index (Phi) is 5.94. The highest BCUT2D eigenvalue weighted by Crippen LogP contribution is 2.17. The quantitative estimate of drug-likeness (QED) is 0.619. The molecule has 0 unspecified atom stereocenters. The van der Waals surface area contributed by atoms with Gasteiger partial charge in [0.1, 0.15) is 0 Å². The molecule has 0 amide bonds. The number of carbonyl (C=O) groups excluding carboxylic acids is 2. The maximum Gasteiger partial charge on any atom is 0.338 e. The number of aryl methyl sites for hydroxylation is 2. The van der Waals surface area contributed by atoms with Crippen molar-refractivity contribution in [3.63, 3.8) is 0 Å². The molecule has 0 aromatic heterocycles. The topological polar surface area (TPSA) is 89.5 Å². The van der Waals surface area contributed by atoms with Crippen molar-refractivity contribution in [3.05, 3.63) is 64.7 Å². The highest BCUT2D eigenvalue weighted by molar-refractivity contribution is 7.89. The Balaban J connectivity index is 2.20. The van der Waals surface area contributed by atoms with Crippen molar-refractivity contribution in [2.45, 2.75) is 31.8 Å². The average Bonchev–Trinajstić information content (AvgIpc) is 2.63. The van der Waals surface area contributed by atoms with Crippen molar-refractivity contribution >= 4 is 21.8 Å². The molecule has 0 bridgehead atoms. The van der Waals surface area contributed by atoms with E-state index in [1.165, 1.54) is 38.2 Å². The summed E-state index contributed by atoms with van der Waals surface area (Å²) in [6.45, 7) is 5.18. The van der Waals surface area contributed by atoms with E-state index in [1.54, 1.807) is 6.07 Å². The Morgan fingerprint density at radius 1 is 1.08 bits per heavy atom. The first-order valence-corrected chi connectivity index (χ1v) is 9.50. The predicted molar refractivity (Wildman–Crippen MR) is 97.8 cm³/mol. The van der Waals surface area contributed by atoms with Crippen LogP contribution in [0.4, 0.5) is 0 Å². The summed E-state index contributed by atoms with van der Waals surface area (Å²) >= 11 is 0. The number of ketones is 1. The largest absolute Gasteiger partial charge is 0.451 e. The molecule has 2 aromatic rings. The summed E-state index contributed by atoms with van der Waals surface area (Å²) in [4.78, 5) is 24.8. The molecule has 26 heavy (non-hydrogen) atoms. The van der Waals surface area contributed by atoms with E-state index in [2.05, 4.69) is 4.72 Å². The van der Waals surface area contributed by atoms with Gasteiger partial charge >= 0.3 is 5.97 Å². The molecule has 1 atom stereocenters. The minimum absolute atomic E-state index is 0.0528. The maximum atomic E-state index is 12.6. The minimum Gasteiger partial charge on any atom is -0.451 e. The number of sulfonamides is 1. The van der Waals surface area contributed by atoms with Crippen molar-refractivity contribution in [1.82, 2.24) is 4.72 Å². The molecule has 6 nitrogen and oxygen atoms in total. The number of nitrogens with one attached hydrogen (secondary N) is 1. The lowest BCUT2D eigenvalue weighted by atomic mass is 9.99. The van der Waals surface area contributed by atoms with Gasteiger partial charge in [0, 0.05) is 5.56 Å². The number of benzene rings is 2. The Morgan fingerprint density at radius 3 is 2.42 bits per heavy atom. The molecular weight excluding hydrogens is 354 g/mol. The fraction of sp³-hybridized carbons (Fsp3) is 0.263. The number of hydrogen-bond donors (Lipinski definition) is 1. The molecule has 7 heteroatoms. The molecule has 0 saturated carbocycles. The van der Waals surface area contributed by atoms with Crippen LogP contribution in [0, 0.1) is 13.8 Å². The third-order valence-corrected chi connectivity index (χ3v) is 5.37. The van der Waals surface area contributed by atoms with E-state index in [-0.39, 0.29) is 16.2 Å². The lowest BCUT2D eigenvalue weighted by molar-refractivity contribution is 0.0318. The fourth-order valence-corrected chi connectivity index (χ4v) is 3.19. The van der Waals surface area contributed by atoms with E-state index in [1.807, 2.05) is 26.0 Å². The Hall–Kier alpha value is -2.51. The van der Waals surface area contributed by atoms with Crippen LogP contribution in [-0.4, -0.2) is 33.3 Å². The van der Waals surface area contributed by atoms with Gasteiger partial charge in [-0.3, -0.25) is 4.79 Å². The van der Waals surface area contributed by atoms with Gasteiger partial charge in [-0.15, -0.1) is 0 Å². The van der Waals surface area contributed by atoms with Crippen LogP contribution in [0.3, 0.4) is 0 Å². The monoisotopic (exact) mass is 375 g/mol. The second-order valence-electron chi connectivity index (χ2n) is 5.97. The van der Waals surface area contributed by atoms with E-state index in [9.17, 15) is 18.0 Å². The zero-order valence-electron chi connectivity index (χ0n) is 15.1. The number of hydrogen-bond acceptors (Lipinski definition) is 5. The molecular formula is C19H21NO5S. The van der Waals surface area contributed by atoms with Gasteiger partial charge in [0.2, 0.25) is 15.8 Å². The zero-order valence-corrected chi connectivity index (χ0v) is 15.9. The normalized spacial score (nSPS) is 12.5. The van der Waals surface area contributed by atoms with Crippen LogP contribution < -0.4 is 4.72 Å². The SMILES string of the molecule is CNS(=O)(=O)c1cccc(C(=O)O[C@@H](C)C(=O)c2cc(C)ccc2C)c1. The van der Waals surface area contributed by atoms with Gasteiger partial charge in [0.25, 0.3) is 0 Å². The first-order chi connectivity index (χ1) is 12.2. The van der Waals surface area contributed by atoms with Crippen molar-refractivity contribution in [2.24, 2.45) is 0 Å². The summed E-state index contributed by atoms with van der Waals surface area (Å²) in [5.41, 5.74) is 2.28. The summed E-state index contributed by atoms with van der Waals surface area (Å²) < 4.78 is 31.1. The van der Waals surface area contributed by atoms with Gasteiger partial charge < -0.3 is 4.74 Å². The van der Waals surface area contributed by atoms with Crippen LogP contribution in [0.1, 0.15) is 38.8 Å². The Bertz CT molecular complexity index is 950. The molecule has 0 spiro atoms. The molecule has 138 valence electrons. The van der Waals surface area contributed by atoms with Crippen molar-refractivity contribution < 1.29 is 22.7 Å². The van der Waals surface area contributed by atoms with Crippen molar-refractivity contribution in [2.75, 3.05) is 7.05 Å². The van der Waals surface area contributed by atoms with Crippen molar-refractivity contribution in [3.8, 4) is 0 Å². The Morgan fingerprint density at radius 2 is 1.77 bits per heavy atom. The smallest absolute Gasteiger partial charge is 0.338 e. The average molecular weight is 375 g/mol. The van der Waals surface area contributed by atoms with Crippen LogP contribution in [0.5, 0.6) is 0 Å². The van der Waals surface area contributed by atoms with Gasteiger partial charge in [-0.1, -0.05) is 23.8 Å². The van der Waals surface area contributed by atoms with E-state index < -0.39 is 22.1 Å². The van der Waals surface area contributed by atoms with Gasteiger partial charge in [0.15, 0.2) is 6.10 Å². The molecule has 0 heterocycles. The summed E-state index contributed by atoms with van der Waals surface area (Å²) in [5.74, 6) is -1.07. The van der Waals surface area contributed by atoms with Gasteiger partial charge in [-0.05, 0) is 57.6 Å². The summed E-state index contributed by atoms with van der Waals surface area (Å²) in [6.07, 6.45) is -0.993. The molecule has 0 radical (unpaired) electrons. The second kappa shape index (κ2) is 7.80. The number of Topliss-reactive ketones (excluding diaryl/α,β-unsaturated/α-hetero) is 1. The van der Waals surface area contributed by atoms with Crippen LogP contribution in [0.15, 0.2) is 47.4 Å². The zero-order chi connectivity index (χ0) is 19.5. The highest BCUT2D eigenvalue weighted by Gasteiger charge is 2.23. The molecule has 2 aromatic carbocycles. The lowest BCUT2D eigenvalue weighted by Crippen LogP contribution is -2.25. The molecule has 2 rings (SSSR count). The highest BCUT2D eigenvalue weighted by atomic mass is 32.2. The lowest BCUT2D eigenvalue weighted by Gasteiger charge is -2.14. The first kappa shape index (κ1) is 19.8. The number of carbonyl (C=O) groups is 2. The minimum atomic E-state index is -3.68. The van der Waals surface area contributed by atoms with E-state index in [0.717, 1.165) is 11.1 Å². The van der Waals surface area contributed by atoms with Crippen LogP contribution in [0.2, 0.25) is 0 Å². The number of ether oxygens (including phenoxy) is 1. The fourth-order valence-electron chi connectivity index (χ4n) is 2.41. The summed E-state index contributed by atoms with van der Waals surface area (Å²) in [5, 5.41) is 0. The second-order valence-corrected chi connectivity index (χ2v) is 7.85. The van der Waals surface area contributed by atoms with E-state index in [4.69, 9.17) is 4.74 Å². The molecule has 1 N–H and O–H groups in total. The summed E-state index contributed by atoms with van der Waals surface area (Å²) in [7, 11) is -2.39. The number of rotatable bonds is 6. The first-order valence-electron chi connectivity index (χ1n) is 8.02.